The Hall–Kier alpha value is -1.06. The Labute approximate surface area is 104 Å². The van der Waals surface area contributed by atoms with Crippen LogP contribution >= 0.6 is 0 Å². The quantitative estimate of drug-likeness (QED) is 0.741. The zero-order valence-corrected chi connectivity index (χ0v) is 10.5. The van der Waals surface area contributed by atoms with Gasteiger partial charge in [0.15, 0.2) is 0 Å². The van der Waals surface area contributed by atoms with Crippen LogP contribution in [0.3, 0.4) is 0 Å². The summed E-state index contributed by atoms with van der Waals surface area (Å²) >= 11 is 0. The average molecular weight is 234 g/mol. The number of benzene rings is 1. The van der Waals surface area contributed by atoms with Crippen molar-refractivity contribution in [2.45, 2.75) is 31.4 Å². The fourth-order valence-corrected chi connectivity index (χ4v) is 2.46. The molecule has 1 fully saturated rings. The lowest BCUT2D eigenvalue weighted by Crippen LogP contribution is -2.39. The van der Waals surface area contributed by atoms with Gasteiger partial charge in [-0.15, -0.1) is 0 Å². The Balaban J connectivity index is 1.63. The number of ether oxygens (including phenoxy) is 1. The van der Waals surface area contributed by atoms with Gasteiger partial charge < -0.3 is 15.4 Å². The van der Waals surface area contributed by atoms with Crippen LogP contribution in [0.5, 0.6) is 0 Å². The fraction of sp³-hybridized carbons (Fsp3) is 0.571. The first-order valence-corrected chi connectivity index (χ1v) is 6.45. The third-order valence-corrected chi connectivity index (χ3v) is 3.39. The number of hydrogen-bond donors (Lipinski definition) is 2. The second kappa shape index (κ2) is 6.62. The summed E-state index contributed by atoms with van der Waals surface area (Å²) < 4.78 is 5.46. The molecule has 0 bridgehead atoms. The molecule has 3 heteroatoms. The smallest absolute Gasteiger partial charge is 0.0724 e. The third-order valence-electron chi connectivity index (χ3n) is 3.39. The second-order valence-corrected chi connectivity index (χ2v) is 4.56. The summed E-state index contributed by atoms with van der Waals surface area (Å²) in [6, 6.07) is 10.9. The van der Waals surface area contributed by atoms with E-state index in [1.807, 2.05) is 25.3 Å². The van der Waals surface area contributed by atoms with Crippen LogP contribution in [0.25, 0.3) is 0 Å². The molecule has 1 aromatic rings. The number of nitrogens with one attached hydrogen (secondary N) is 2. The van der Waals surface area contributed by atoms with Crippen LogP contribution in [0.2, 0.25) is 0 Å². The van der Waals surface area contributed by atoms with E-state index in [1.165, 1.54) is 24.9 Å². The van der Waals surface area contributed by atoms with Gasteiger partial charge in [-0.05, 0) is 31.4 Å². The first-order chi connectivity index (χ1) is 8.40. The van der Waals surface area contributed by atoms with Crippen LogP contribution in [0.4, 0.5) is 5.69 Å². The molecule has 0 aromatic heterocycles. The number of para-hydroxylation sites is 1. The van der Waals surface area contributed by atoms with Gasteiger partial charge in [-0.1, -0.05) is 18.2 Å². The Morgan fingerprint density at radius 2 is 2.00 bits per heavy atom. The lowest BCUT2D eigenvalue weighted by Gasteiger charge is -2.19. The third kappa shape index (κ3) is 3.72. The van der Waals surface area contributed by atoms with E-state index in [-0.39, 0.29) is 0 Å². The van der Waals surface area contributed by atoms with Gasteiger partial charge in [0.25, 0.3) is 0 Å². The lowest BCUT2D eigenvalue weighted by atomic mass is 10.2. The molecule has 0 spiro atoms. The molecule has 0 amide bonds. The largest absolute Gasteiger partial charge is 0.384 e. The van der Waals surface area contributed by atoms with Crippen molar-refractivity contribution in [2.24, 2.45) is 0 Å². The summed E-state index contributed by atoms with van der Waals surface area (Å²) in [7, 11) is 1.81. The molecule has 1 aromatic carbocycles. The van der Waals surface area contributed by atoms with Gasteiger partial charge in [0.2, 0.25) is 0 Å². The van der Waals surface area contributed by atoms with E-state index in [2.05, 4.69) is 22.8 Å². The first-order valence-electron chi connectivity index (χ1n) is 6.45. The highest BCUT2D eigenvalue weighted by Crippen LogP contribution is 2.21. The summed E-state index contributed by atoms with van der Waals surface area (Å²) in [5.74, 6) is 0. The van der Waals surface area contributed by atoms with E-state index >= 15 is 0 Å². The minimum atomic E-state index is 0.409. The lowest BCUT2D eigenvalue weighted by molar-refractivity contribution is 0.0857. The highest BCUT2D eigenvalue weighted by molar-refractivity contribution is 5.42. The van der Waals surface area contributed by atoms with E-state index in [9.17, 15) is 0 Å². The van der Waals surface area contributed by atoms with Crippen LogP contribution in [-0.2, 0) is 4.74 Å². The van der Waals surface area contributed by atoms with E-state index in [0.717, 1.165) is 13.1 Å². The van der Waals surface area contributed by atoms with E-state index in [1.54, 1.807) is 0 Å². The monoisotopic (exact) mass is 234 g/mol. The SMILES string of the molecule is COC1CCCC1NCCNc1ccccc1. The number of methoxy groups -OCH3 is 1. The van der Waals surface area contributed by atoms with Crippen molar-refractivity contribution in [1.82, 2.24) is 5.32 Å². The van der Waals surface area contributed by atoms with E-state index < -0.39 is 0 Å². The predicted molar refractivity (Wildman–Crippen MR) is 71.4 cm³/mol. The van der Waals surface area contributed by atoms with Crippen molar-refractivity contribution >= 4 is 5.69 Å². The molecule has 0 radical (unpaired) electrons. The van der Waals surface area contributed by atoms with Crippen LogP contribution < -0.4 is 10.6 Å². The van der Waals surface area contributed by atoms with Crippen molar-refractivity contribution in [3.8, 4) is 0 Å². The fourth-order valence-electron chi connectivity index (χ4n) is 2.46. The van der Waals surface area contributed by atoms with Gasteiger partial charge in [-0.2, -0.15) is 0 Å². The maximum Gasteiger partial charge on any atom is 0.0724 e. The summed E-state index contributed by atoms with van der Waals surface area (Å²) in [5, 5.41) is 6.96. The number of anilines is 1. The van der Waals surface area contributed by atoms with Crippen LogP contribution in [0.15, 0.2) is 30.3 Å². The summed E-state index contributed by atoms with van der Waals surface area (Å²) in [4.78, 5) is 0. The molecule has 2 rings (SSSR count). The Morgan fingerprint density at radius 1 is 1.18 bits per heavy atom. The molecular formula is C14H22N2O. The first kappa shape index (κ1) is 12.4. The second-order valence-electron chi connectivity index (χ2n) is 4.56. The van der Waals surface area contributed by atoms with Gasteiger partial charge in [-0.3, -0.25) is 0 Å². The molecule has 1 aliphatic carbocycles. The van der Waals surface area contributed by atoms with Gasteiger partial charge in [-0.25, -0.2) is 0 Å². The normalized spacial score (nSPS) is 23.8. The van der Waals surface area contributed by atoms with Gasteiger partial charge in [0.05, 0.1) is 6.10 Å². The molecule has 1 saturated carbocycles. The standard InChI is InChI=1S/C14H22N2O/c1-17-14-9-5-8-13(14)16-11-10-15-12-6-3-2-4-7-12/h2-4,6-7,13-16H,5,8-11H2,1H3. The summed E-state index contributed by atoms with van der Waals surface area (Å²) in [6.45, 7) is 1.94. The molecule has 3 nitrogen and oxygen atoms in total. The number of rotatable bonds is 6. The van der Waals surface area contributed by atoms with E-state index in [0.29, 0.717) is 12.1 Å². The van der Waals surface area contributed by atoms with Crippen LogP contribution in [-0.4, -0.2) is 32.3 Å². The summed E-state index contributed by atoms with van der Waals surface area (Å²) in [6.07, 6.45) is 4.12. The van der Waals surface area contributed by atoms with Crippen molar-refractivity contribution in [1.29, 1.82) is 0 Å². The van der Waals surface area contributed by atoms with Gasteiger partial charge in [0, 0.05) is 31.9 Å². The van der Waals surface area contributed by atoms with Crippen molar-refractivity contribution < 1.29 is 4.74 Å². The Bertz CT molecular complexity index is 315. The van der Waals surface area contributed by atoms with E-state index in [4.69, 9.17) is 4.74 Å². The zero-order valence-electron chi connectivity index (χ0n) is 10.5. The molecule has 94 valence electrons. The molecule has 0 aliphatic heterocycles. The zero-order chi connectivity index (χ0) is 11.9. The highest BCUT2D eigenvalue weighted by Gasteiger charge is 2.25. The molecule has 2 unspecified atom stereocenters. The molecule has 0 heterocycles. The van der Waals surface area contributed by atoms with Gasteiger partial charge in [0.1, 0.15) is 0 Å². The molecule has 2 N–H and O–H groups in total. The minimum Gasteiger partial charge on any atom is -0.384 e. The maximum absolute atomic E-state index is 5.46. The van der Waals surface area contributed by atoms with Crippen LogP contribution in [0, 0.1) is 0 Å². The molecular weight excluding hydrogens is 212 g/mol. The predicted octanol–water partition coefficient (Wildman–Crippen LogP) is 2.26. The molecule has 1 aliphatic rings. The molecule has 0 saturated heterocycles. The molecule has 17 heavy (non-hydrogen) atoms. The van der Waals surface area contributed by atoms with Crippen molar-refractivity contribution in [2.75, 3.05) is 25.5 Å². The Kier molecular flexibility index (Phi) is 4.83. The Morgan fingerprint density at radius 3 is 2.76 bits per heavy atom. The van der Waals surface area contributed by atoms with Crippen molar-refractivity contribution in [3.63, 3.8) is 0 Å². The van der Waals surface area contributed by atoms with Gasteiger partial charge >= 0.3 is 0 Å². The maximum atomic E-state index is 5.46. The average Bonchev–Trinajstić information content (AvgIpc) is 2.83. The van der Waals surface area contributed by atoms with Crippen LogP contribution in [0.1, 0.15) is 19.3 Å². The number of hydrogen-bond acceptors (Lipinski definition) is 3. The highest BCUT2D eigenvalue weighted by atomic mass is 16.5. The topological polar surface area (TPSA) is 33.3 Å². The van der Waals surface area contributed by atoms with Crippen molar-refractivity contribution in [3.05, 3.63) is 30.3 Å². The summed E-state index contributed by atoms with van der Waals surface area (Å²) in [5.41, 5.74) is 1.18. The molecule has 2 atom stereocenters. The minimum absolute atomic E-state index is 0.409.